The van der Waals surface area contributed by atoms with Crippen LogP contribution >= 0.6 is 0 Å². The number of hydrazine groups is 1. The summed E-state index contributed by atoms with van der Waals surface area (Å²) in [6.45, 7) is 7.51. The Morgan fingerprint density at radius 1 is 0.907 bits per heavy atom. The summed E-state index contributed by atoms with van der Waals surface area (Å²) in [6.07, 6.45) is 2.42. The van der Waals surface area contributed by atoms with E-state index in [4.69, 9.17) is 15.2 Å². The van der Waals surface area contributed by atoms with Crippen molar-refractivity contribution in [2.75, 3.05) is 27.3 Å². The van der Waals surface area contributed by atoms with Gasteiger partial charge in [0, 0.05) is 19.1 Å². The molecule has 0 spiro atoms. The number of nitrogens with zero attached hydrogens (tertiary/aromatic N) is 1. The first kappa shape index (κ1) is 36.0. The molecule has 1 aliphatic rings. The molecule has 1 fully saturated rings. The van der Waals surface area contributed by atoms with Crippen LogP contribution in [0, 0.1) is 23.7 Å². The molecule has 1 saturated carbocycles. The van der Waals surface area contributed by atoms with Crippen LogP contribution in [-0.2, 0) is 19.1 Å². The maximum absolute atomic E-state index is 14.1. The second-order valence-electron chi connectivity index (χ2n) is 12.0. The van der Waals surface area contributed by atoms with Crippen LogP contribution in [0.15, 0.2) is 30.3 Å². The van der Waals surface area contributed by atoms with Crippen LogP contribution in [0.2, 0.25) is 0 Å². The number of carbonyl (C=O) groups excluding carboxylic acids is 4. The van der Waals surface area contributed by atoms with Crippen molar-refractivity contribution in [3.63, 3.8) is 0 Å². The van der Waals surface area contributed by atoms with Gasteiger partial charge in [0.25, 0.3) is 5.91 Å². The summed E-state index contributed by atoms with van der Waals surface area (Å²) in [4.78, 5) is 51.6. The first-order valence-electron chi connectivity index (χ1n) is 15.2. The van der Waals surface area contributed by atoms with Crippen molar-refractivity contribution >= 4 is 23.9 Å². The van der Waals surface area contributed by atoms with Crippen molar-refractivity contribution in [1.29, 1.82) is 0 Å². The van der Waals surface area contributed by atoms with E-state index in [-0.39, 0.29) is 24.3 Å². The normalized spacial score (nSPS) is 17.5. The number of nitrogens with two attached hydrogens (primary N) is 1. The lowest BCUT2D eigenvalue weighted by Gasteiger charge is -2.37. The topological polar surface area (TPSA) is 172 Å². The summed E-state index contributed by atoms with van der Waals surface area (Å²) < 4.78 is 9.45. The van der Waals surface area contributed by atoms with Gasteiger partial charge in [0.1, 0.15) is 6.04 Å². The molecule has 43 heavy (non-hydrogen) atoms. The molecule has 12 nitrogen and oxygen atoms in total. The molecule has 1 aromatic rings. The monoisotopic (exact) mass is 605 g/mol. The number of amides is 3. The van der Waals surface area contributed by atoms with Crippen LogP contribution in [0.4, 0.5) is 9.59 Å². The van der Waals surface area contributed by atoms with Crippen molar-refractivity contribution < 1.29 is 33.8 Å². The summed E-state index contributed by atoms with van der Waals surface area (Å²) in [5.74, 6) is -2.34. The molecule has 12 heteroatoms. The predicted octanol–water partition coefficient (Wildman–Crippen LogP) is 2.91. The number of alkyl carbamates (subject to hydrolysis) is 2. The van der Waals surface area contributed by atoms with Gasteiger partial charge in [0.05, 0.1) is 32.3 Å². The van der Waals surface area contributed by atoms with E-state index in [1.165, 1.54) is 14.2 Å². The minimum Gasteiger partial charge on any atom is -0.453 e. The number of hydrogen-bond acceptors (Lipinski definition) is 9. The van der Waals surface area contributed by atoms with Gasteiger partial charge in [-0.15, -0.1) is 0 Å². The van der Waals surface area contributed by atoms with E-state index in [9.17, 15) is 24.3 Å². The minimum absolute atomic E-state index is 0.106. The molecule has 2 rings (SSSR count). The maximum Gasteiger partial charge on any atom is 0.407 e. The number of methoxy groups -OCH3 is 2. The Hall–Kier alpha value is -3.22. The molecular formula is C31H51N5O7. The van der Waals surface area contributed by atoms with E-state index in [0.29, 0.717) is 12.1 Å². The highest BCUT2D eigenvalue weighted by atomic mass is 16.5. The first-order chi connectivity index (χ1) is 20.4. The Kier molecular flexibility index (Phi) is 14.9. The van der Waals surface area contributed by atoms with Gasteiger partial charge in [-0.3, -0.25) is 15.0 Å². The number of hydrogen-bond donors (Lipinski definition) is 5. The molecule has 0 radical (unpaired) electrons. The smallest absolute Gasteiger partial charge is 0.407 e. The number of aliphatic hydroxyl groups is 1. The molecule has 0 bridgehead atoms. The van der Waals surface area contributed by atoms with Gasteiger partial charge in [-0.1, -0.05) is 77.3 Å². The average Bonchev–Trinajstić information content (AvgIpc) is 2.98. The fourth-order valence-electron chi connectivity index (χ4n) is 5.58. The molecule has 3 amide bonds. The minimum atomic E-state index is -1.32. The fourth-order valence-corrected chi connectivity index (χ4v) is 5.58. The zero-order valence-corrected chi connectivity index (χ0v) is 26.4. The van der Waals surface area contributed by atoms with Crippen LogP contribution in [0.5, 0.6) is 0 Å². The quantitative estimate of drug-likeness (QED) is 0.189. The van der Waals surface area contributed by atoms with Crippen molar-refractivity contribution in [3.8, 4) is 0 Å². The van der Waals surface area contributed by atoms with Crippen molar-refractivity contribution in [2.24, 2.45) is 29.4 Å². The molecule has 242 valence electrons. The van der Waals surface area contributed by atoms with Gasteiger partial charge in [-0.2, -0.15) is 0 Å². The molecular weight excluding hydrogens is 554 g/mol. The number of nitrogens with one attached hydrogen (secondary N) is 3. The van der Waals surface area contributed by atoms with Gasteiger partial charge < -0.3 is 30.9 Å². The van der Waals surface area contributed by atoms with Crippen LogP contribution < -0.4 is 21.8 Å². The lowest BCUT2D eigenvalue weighted by molar-refractivity contribution is -0.133. The predicted molar refractivity (Wildman–Crippen MR) is 162 cm³/mol. The molecule has 1 aliphatic carbocycles. The Bertz CT molecular complexity index is 1030. The lowest BCUT2D eigenvalue weighted by atomic mass is 9.80. The lowest BCUT2D eigenvalue weighted by Crippen LogP contribution is -2.58. The molecule has 5 atom stereocenters. The third-order valence-electron chi connectivity index (χ3n) is 8.03. The number of carbonyl (C=O) groups is 4. The summed E-state index contributed by atoms with van der Waals surface area (Å²) in [5.41, 5.74) is 10.2. The molecule has 2 unspecified atom stereocenters. The van der Waals surface area contributed by atoms with E-state index >= 15 is 0 Å². The Morgan fingerprint density at radius 3 is 1.95 bits per heavy atom. The molecule has 1 aromatic carbocycles. The van der Waals surface area contributed by atoms with Crippen LogP contribution in [0.3, 0.4) is 0 Å². The number of benzene rings is 1. The van der Waals surface area contributed by atoms with E-state index in [1.807, 2.05) is 6.07 Å². The van der Waals surface area contributed by atoms with Gasteiger partial charge in [0.15, 0.2) is 5.78 Å². The fraction of sp³-hybridized carbons (Fsp3) is 0.677. The standard InChI is InChI=1S/C31H51N5O7/c1-19(2)26(33-30(40)42-5)28(38)24(25(32)22-15-11-8-12-16-22)23(37)18-36(17-21-13-9-7-10-14-21)35-29(39)27(20(3)4)34-31(41)43-6/h8,11-12,15-16,19-21,23-27,37H,7,9-10,13-14,17-18,32H2,1-6H3,(H,33,40)(H,34,41)(H,35,39)/t23-,24?,25?,26+,27+/m1/s1. The third-order valence-corrected chi connectivity index (χ3v) is 8.03. The van der Waals surface area contributed by atoms with Crippen molar-refractivity contribution in [1.82, 2.24) is 21.1 Å². The SMILES string of the molecule is COC(=O)N[C@H](C(=O)NN(CC1CCCCC1)C[C@@H](O)C(C(=O)[C@@H](NC(=O)OC)C(C)C)C(N)c1ccccc1)C(C)C. The van der Waals surface area contributed by atoms with Gasteiger partial charge in [0.2, 0.25) is 0 Å². The maximum atomic E-state index is 14.1. The van der Waals surface area contributed by atoms with Crippen molar-refractivity contribution in [3.05, 3.63) is 35.9 Å². The zero-order valence-electron chi connectivity index (χ0n) is 26.4. The Balaban J connectivity index is 2.42. The van der Waals surface area contributed by atoms with Crippen LogP contribution in [-0.4, -0.2) is 79.5 Å². The number of ether oxygens (including phenoxy) is 2. The largest absolute Gasteiger partial charge is 0.453 e. The van der Waals surface area contributed by atoms with E-state index in [1.54, 1.807) is 57.0 Å². The van der Waals surface area contributed by atoms with E-state index < -0.39 is 54.0 Å². The zero-order chi connectivity index (χ0) is 32.1. The highest BCUT2D eigenvalue weighted by Gasteiger charge is 2.40. The highest BCUT2D eigenvalue weighted by Crippen LogP contribution is 2.28. The molecule has 0 aromatic heterocycles. The number of rotatable bonds is 15. The van der Waals surface area contributed by atoms with E-state index in [0.717, 1.165) is 32.1 Å². The second-order valence-corrected chi connectivity index (χ2v) is 12.0. The Morgan fingerprint density at radius 2 is 1.44 bits per heavy atom. The summed E-state index contributed by atoms with van der Waals surface area (Å²) in [5, 5.41) is 18.6. The van der Waals surface area contributed by atoms with Gasteiger partial charge in [-0.05, 0) is 36.2 Å². The van der Waals surface area contributed by atoms with Gasteiger partial charge >= 0.3 is 12.2 Å². The first-order valence-corrected chi connectivity index (χ1v) is 15.2. The number of aliphatic hydroxyl groups excluding tert-OH is 1. The molecule has 0 saturated heterocycles. The van der Waals surface area contributed by atoms with Crippen molar-refractivity contribution in [2.45, 2.75) is 84.0 Å². The summed E-state index contributed by atoms with van der Waals surface area (Å²) in [6, 6.07) is 6.22. The number of ketones is 1. The van der Waals surface area contributed by atoms with Gasteiger partial charge in [-0.25, -0.2) is 14.6 Å². The molecule has 6 N–H and O–H groups in total. The summed E-state index contributed by atoms with van der Waals surface area (Å²) in [7, 11) is 2.44. The third kappa shape index (κ3) is 11.1. The Labute approximate surface area is 255 Å². The van der Waals surface area contributed by atoms with Crippen LogP contribution in [0.1, 0.15) is 71.4 Å². The molecule has 0 aliphatic heterocycles. The average molecular weight is 606 g/mol. The highest BCUT2D eigenvalue weighted by molar-refractivity contribution is 5.90. The second kappa shape index (κ2) is 17.8. The molecule has 0 heterocycles. The summed E-state index contributed by atoms with van der Waals surface area (Å²) >= 11 is 0. The number of Topliss-reactive ketones (excluding diaryl/α,β-unsaturated/α-hetero) is 1. The van der Waals surface area contributed by atoms with E-state index in [2.05, 4.69) is 16.1 Å². The van der Waals surface area contributed by atoms with Crippen LogP contribution in [0.25, 0.3) is 0 Å².